The van der Waals surface area contributed by atoms with Gasteiger partial charge < -0.3 is 15.4 Å². The van der Waals surface area contributed by atoms with Crippen LogP contribution < -0.4 is 15.4 Å². The maximum atomic E-state index is 12.1. The molecule has 0 radical (unpaired) electrons. The molecule has 5 nitrogen and oxygen atoms in total. The summed E-state index contributed by atoms with van der Waals surface area (Å²) in [5.41, 5.74) is 1.99. The molecule has 2 amide bonds. The molecule has 0 unspecified atom stereocenters. The summed E-state index contributed by atoms with van der Waals surface area (Å²) in [6.45, 7) is 5.59. The Morgan fingerprint density at radius 2 is 1.92 bits per heavy atom. The summed E-state index contributed by atoms with van der Waals surface area (Å²) in [5, 5.41) is 5.56. The highest BCUT2D eigenvalue weighted by atomic mass is 79.9. The van der Waals surface area contributed by atoms with Crippen LogP contribution in [0, 0.1) is 6.92 Å². The number of aryl methyl sites for hydroxylation is 1. The van der Waals surface area contributed by atoms with E-state index < -0.39 is 0 Å². The molecule has 0 aliphatic rings. The van der Waals surface area contributed by atoms with Gasteiger partial charge in [-0.25, -0.2) is 0 Å². The molecule has 0 saturated heterocycles. The second kappa shape index (κ2) is 8.67. The van der Waals surface area contributed by atoms with Crippen LogP contribution in [0.15, 0.2) is 46.9 Å². The number of carbonyl (C=O) groups excluding carboxylic acids is 2. The van der Waals surface area contributed by atoms with Gasteiger partial charge in [-0.05, 0) is 62.7 Å². The van der Waals surface area contributed by atoms with E-state index in [4.69, 9.17) is 4.74 Å². The van der Waals surface area contributed by atoms with Crippen molar-refractivity contribution in [3.63, 3.8) is 0 Å². The summed E-state index contributed by atoms with van der Waals surface area (Å²) in [6, 6.07) is 12.4. The largest absolute Gasteiger partial charge is 0.483 e. The van der Waals surface area contributed by atoms with Gasteiger partial charge in [0.25, 0.3) is 11.8 Å². The van der Waals surface area contributed by atoms with E-state index in [9.17, 15) is 9.59 Å². The van der Waals surface area contributed by atoms with Gasteiger partial charge in [-0.15, -0.1) is 0 Å². The molecule has 0 fully saturated rings. The summed E-state index contributed by atoms with van der Waals surface area (Å²) in [6.07, 6.45) is 0. The lowest BCUT2D eigenvalue weighted by atomic mass is 10.1. The van der Waals surface area contributed by atoms with Crippen molar-refractivity contribution < 1.29 is 14.3 Å². The van der Waals surface area contributed by atoms with Gasteiger partial charge in [0.15, 0.2) is 6.61 Å². The Balaban J connectivity index is 1.95. The number of rotatable bonds is 6. The monoisotopic (exact) mass is 404 g/mol. The molecule has 0 aliphatic carbocycles. The number of amides is 2. The molecule has 0 bridgehead atoms. The van der Waals surface area contributed by atoms with Crippen LogP contribution in [-0.4, -0.2) is 24.5 Å². The number of halogens is 1. The van der Waals surface area contributed by atoms with Crippen LogP contribution in [0.25, 0.3) is 0 Å². The third-order valence-electron chi connectivity index (χ3n) is 3.32. The summed E-state index contributed by atoms with van der Waals surface area (Å²) in [4.78, 5) is 24.1. The summed E-state index contributed by atoms with van der Waals surface area (Å²) < 4.78 is 6.50. The molecule has 0 saturated carbocycles. The van der Waals surface area contributed by atoms with E-state index in [1.54, 1.807) is 24.3 Å². The fourth-order valence-electron chi connectivity index (χ4n) is 2.20. The molecule has 0 aliphatic heterocycles. The number of nitrogens with one attached hydrogen (secondary N) is 2. The first-order chi connectivity index (χ1) is 11.8. The number of ether oxygens (including phenoxy) is 1. The van der Waals surface area contributed by atoms with Crippen molar-refractivity contribution in [3.05, 3.63) is 58.1 Å². The lowest BCUT2D eigenvalue weighted by Gasteiger charge is -2.11. The van der Waals surface area contributed by atoms with Gasteiger partial charge in [0, 0.05) is 21.8 Å². The van der Waals surface area contributed by atoms with Crippen LogP contribution in [0.3, 0.4) is 0 Å². The smallest absolute Gasteiger partial charge is 0.262 e. The Labute approximate surface area is 155 Å². The first-order valence-electron chi connectivity index (χ1n) is 7.95. The van der Waals surface area contributed by atoms with E-state index in [-0.39, 0.29) is 24.5 Å². The van der Waals surface area contributed by atoms with Gasteiger partial charge >= 0.3 is 0 Å². The zero-order valence-corrected chi connectivity index (χ0v) is 16.0. The molecule has 0 heterocycles. The quantitative estimate of drug-likeness (QED) is 0.766. The van der Waals surface area contributed by atoms with Crippen LogP contribution in [0.2, 0.25) is 0 Å². The normalized spacial score (nSPS) is 10.4. The highest BCUT2D eigenvalue weighted by Gasteiger charge is 2.10. The van der Waals surface area contributed by atoms with E-state index in [0.29, 0.717) is 17.0 Å². The first-order valence-corrected chi connectivity index (χ1v) is 8.74. The molecule has 132 valence electrons. The van der Waals surface area contributed by atoms with Gasteiger partial charge in [-0.1, -0.05) is 22.0 Å². The second-order valence-corrected chi connectivity index (χ2v) is 6.87. The van der Waals surface area contributed by atoms with Crippen LogP contribution in [0.4, 0.5) is 5.69 Å². The Morgan fingerprint density at radius 1 is 1.16 bits per heavy atom. The van der Waals surface area contributed by atoms with Crippen molar-refractivity contribution in [3.8, 4) is 5.75 Å². The first kappa shape index (κ1) is 19.0. The molecule has 6 heteroatoms. The van der Waals surface area contributed by atoms with Crippen molar-refractivity contribution in [1.82, 2.24) is 5.32 Å². The Bertz CT molecular complexity index is 775. The Hall–Kier alpha value is -2.34. The average Bonchev–Trinajstić information content (AvgIpc) is 2.53. The van der Waals surface area contributed by atoms with Gasteiger partial charge in [0.1, 0.15) is 5.75 Å². The predicted octanol–water partition coefficient (Wildman–Crippen LogP) is 3.91. The fraction of sp³-hybridized carbons (Fsp3) is 0.263. The van der Waals surface area contributed by atoms with E-state index in [0.717, 1.165) is 10.0 Å². The van der Waals surface area contributed by atoms with Crippen molar-refractivity contribution >= 4 is 33.4 Å². The fourth-order valence-corrected chi connectivity index (χ4v) is 2.67. The number of carbonyl (C=O) groups is 2. The zero-order valence-electron chi connectivity index (χ0n) is 14.4. The Morgan fingerprint density at radius 3 is 2.60 bits per heavy atom. The molecule has 2 rings (SSSR count). The van der Waals surface area contributed by atoms with Gasteiger partial charge in [0.2, 0.25) is 0 Å². The lowest BCUT2D eigenvalue weighted by molar-refractivity contribution is -0.118. The maximum Gasteiger partial charge on any atom is 0.262 e. The van der Waals surface area contributed by atoms with Gasteiger partial charge in [-0.3, -0.25) is 9.59 Å². The molecule has 0 aromatic heterocycles. The SMILES string of the molecule is Cc1cc(Br)ccc1OCC(=O)Nc1cccc(C(=O)NC(C)C)c1. The van der Waals surface area contributed by atoms with Crippen LogP contribution in [0.5, 0.6) is 5.75 Å². The van der Waals surface area contributed by atoms with E-state index in [1.807, 2.05) is 39.0 Å². The number of anilines is 1. The number of hydrogen-bond donors (Lipinski definition) is 2. The molecule has 25 heavy (non-hydrogen) atoms. The lowest BCUT2D eigenvalue weighted by Crippen LogP contribution is -2.30. The van der Waals surface area contributed by atoms with E-state index >= 15 is 0 Å². The number of benzene rings is 2. The average molecular weight is 405 g/mol. The molecule has 2 aromatic rings. The van der Waals surface area contributed by atoms with E-state index in [1.165, 1.54) is 0 Å². The van der Waals surface area contributed by atoms with Crippen molar-refractivity contribution in [2.45, 2.75) is 26.8 Å². The second-order valence-electron chi connectivity index (χ2n) is 5.96. The molecule has 0 atom stereocenters. The van der Waals surface area contributed by atoms with Crippen LogP contribution >= 0.6 is 15.9 Å². The molecule has 0 spiro atoms. The van der Waals surface area contributed by atoms with Crippen molar-refractivity contribution in [2.75, 3.05) is 11.9 Å². The van der Waals surface area contributed by atoms with Crippen LogP contribution in [0.1, 0.15) is 29.8 Å². The minimum absolute atomic E-state index is 0.0493. The van der Waals surface area contributed by atoms with E-state index in [2.05, 4.69) is 26.6 Å². The topological polar surface area (TPSA) is 67.4 Å². The molecule has 2 aromatic carbocycles. The highest BCUT2D eigenvalue weighted by molar-refractivity contribution is 9.10. The summed E-state index contributed by atoms with van der Waals surface area (Å²) in [5.74, 6) is 0.194. The van der Waals surface area contributed by atoms with Gasteiger partial charge in [-0.2, -0.15) is 0 Å². The molecular weight excluding hydrogens is 384 g/mol. The third-order valence-corrected chi connectivity index (χ3v) is 3.82. The molecule has 2 N–H and O–H groups in total. The zero-order chi connectivity index (χ0) is 18.4. The minimum Gasteiger partial charge on any atom is -0.483 e. The minimum atomic E-state index is -0.288. The van der Waals surface area contributed by atoms with Gasteiger partial charge in [0.05, 0.1) is 0 Å². The highest BCUT2D eigenvalue weighted by Crippen LogP contribution is 2.22. The Kier molecular flexibility index (Phi) is 6.58. The summed E-state index contributed by atoms with van der Waals surface area (Å²) >= 11 is 3.39. The predicted molar refractivity (Wildman–Crippen MR) is 102 cm³/mol. The van der Waals surface area contributed by atoms with Crippen molar-refractivity contribution in [2.24, 2.45) is 0 Å². The summed E-state index contributed by atoms with van der Waals surface area (Å²) in [7, 11) is 0. The third kappa shape index (κ3) is 5.90. The number of hydrogen-bond acceptors (Lipinski definition) is 3. The molecular formula is C19H21BrN2O3. The standard InChI is InChI=1S/C19H21BrN2O3/c1-12(2)21-19(24)14-5-4-6-16(10-14)22-18(23)11-25-17-8-7-15(20)9-13(17)3/h4-10,12H,11H2,1-3H3,(H,21,24)(H,22,23). The maximum absolute atomic E-state index is 12.1. The van der Waals surface area contributed by atoms with Crippen LogP contribution in [-0.2, 0) is 4.79 Å². The van der Waals surface area contributed by atoms with Crippen molar-refractivity contribution in [1.29, 1.82) is 0 Å².